The Morgan fingerprint density at radius 1 is 1.03 bits per heavy atom. The first-order valence-electron chi connectivity index (χ1n) is 11.6. The van der Waals surface area contributed by atoms with Crippen molar-refractivity contribution in [2.24, 2.45) is 0 Å². The third-order valence-corrected chi connectivity index (χ3v) is 6.12. The van der Waals surface area contributed by atoms with Gasteiger partial charge in [0.2, 0.25) is 5.91 Å². The number of rotatable bonds is 3. The van der Waals surface area contributed by atoms with E-state index in [0.717, 1.165) is 18.4 Å². The number of aryl methyl sites for hydroxylation is 1. The molecule has 0 aliphatic carbocycles. The Morgan fingerprint density at radius 2 is 1.70 bits per heavy atom. The van der Waals surface area contributed by atoms with Crippen molar-refractivity contribution in [3.8, 4) is 0 Å². The largest absolute Gasteiger partial charge is 0.444 e. The molecular weight excluding hydrogens is 420 g/mol. The monoisotopic (exact) mass is 452 g/mol. The lowest BCUT2D eigenvalue weighted by atomic mass is 10.0. The number of likely N-dealkylation sites (tertiary alicyclic amines) is 1. The molecule has 33 heavy (non-hydrogen) atoms. The average molecular weight is 453 g/mol. The number of hydrogen-bond donors (Lipinski definition) is 0. The topological polar surface area (TPSA) is 84.7 Å². The predicted octanol–water partition coefficient (Wildman–Crippen LogP) is 3.06. The molecule has 1 aromatic heterocycles. The molecule has 0 N–H and O–H groups in total. The SMILES string of the molecule is Cc1nc2c(c(=O)n1C(C(=O)N1CCCC1)c1ccccc1)CCN(C(=O)OC(C)(C)C)C2. The zero-order valence-electron chi connectivity index (χ0n) is 19.8. The number of nitrogens with zero attached hydrogens (tertiary/aromatic N) is 4. The summed E-state index contributed by atoms with van der Waals surface area (Å²) in [4.78, 5) is 47.9. The Hall–Kier alpha value is -3.16. The first-order chi connectivity index (χ1) is 15.7. The Labute approximate surface area is 194 Å². The summed E-state index contributed by atoms with van der Waals surface area (Å²) >= 11 is 0. The summed E-state index contributed by atoms with van der Waals surface area (Å²) in [6.45, 7) is 9.23. The van der Waals surface area contributed by atoms with Gasteiger partial charge in [0.1, 0.15) is 17.5 Å². The fraction of sp³-hybridized carbons (Fsp3) is 0.520. The van der Waals surface area contributed by atoms with Gasteiger partial charge in [0, 0.05) is 25.2 Å². The third-order valence-electron chi connectivity index (χ3n) is 6.12. The van der Waals surface area contributed by atoms with Crippen LogP contribution in [0.25, 0.3) is 0 Å². The van der Waals surface area contributed by atoms with Crippen LogP contribution >= 0.6 is 0 Å². The van der Waals surface area contributed by atoms with E-state index in [1.165, 1.54) is 4.57 Å². The fourth-order valence-corrected chi connectivity index (χ4v) is 4.56. The predicted molar refractivity (Wildman–Crippen MR) is 124 cm³/mol. The van der Waals surface area contributed by atoms with Gasteiger partial charge in [-0.15, -0.1) is 0 Å². The van der Waals surface area contributed by atoms with Gasteiger partial charge in [-0.25, -0.2) is 9.78 Å². The van der Waals surface area contributed by atoms with E-state index in [1.54, 1.807) is 11.8 Å². The number of ether oxygens (including phenoxy) is 1. The highest BCUT2D eigenvalue weighted by Crippen LogP contribution is 2.25. The lowest BCUT2D eigenvalue weighted by Crippen LogP contribution is -2.45. The maximum absolute atomic E-state index is 13.7. The van der Waals surface area contributed by atoms with E-state index in [-0.39, 0.29) is 18.0 Å². The van der Waals surface area contributed by atoms with Crippen molar-refractivity contribution in [2.75, 3.05) is 19.6 Å². The van der Waals surface area contributed by atoms with Crippen LogP contribution < -0.4 is 5.56 Å². The van der Waals surface area contributed by atoms with E-state index in [0.29, 0.717) is 43.1 Å². The minimum atomic E-state index is -0.751. The molecule has 176 valence electrons. The zero-order chi connectivity index (χ0) is 23.8. The van der Waals surface area contributed by atoms with E-state index in [9.17, 15) is 14.4 Å². The van der Waals surface area contributed by atoms with Gasteiger partial charge in [-0.05, 0) is 52.5 Å². The molecule has 2 amide bonds. The molecule has 2 aromatic rings. The first-order valence-corrected chi connectivity index (χ1v) is 11.6. The summed E-state index contributed by atoms with van der Waals surface area (Å²) in [5, 5.41) is 0. The van der Waals surface area contributed by atoms with Crippen molar-refractivity contribution in [3.63, 3.8) is 0 Å². The summed E-state index contributed by atoms with van der Waals surface area (Å²) in [6.07, 6.45) is 1.91. The summed E-state index contributed by atoms with van der Waals surface area (Å²) in [5.41, 5.74) is 1.11. The number of carbonyl (C=O) groups excluding carboxylic acids is 2. The van der Waals surface area contributed by atoms with Crippen LogP contribution in [0.3, 0.4) is 0 Å². The second-order valence-electron chi connectivity index (χ2n) is 9.76. The Balaban J connectivity index is 1.72. The first kappa shape index (κ1) is 23.0. The average Bonchev–Trinajstić information content (AvgIpc) is 3.30. The molecule has 1 aromatic carbocycles. The molecule has 2 aliphatic rings. The number of benzene rings is 1. The standard InChI is InChI=1S/C25H32N4O4/c1-17-26-20-16-28(24(32)33-25(2,3)4)15-12-19(20)22(30)29(17)21(18-10-6-5-7-11-18)23(31)27-13-8-9-14-27/h5-7,10-11,21H,8-9,12-16H2,1-4H3. The maximum atomic E-state index is 13.7. The number of hydrogen-bond acceptors (Lipinski definition) is 5. The molecule has 1 unspecified atom stereocenters. The molecule has 2 aliphatic heterocycles. The lowest BCUT2D eigenvalue weighted by molar-refractivity contribution is -0.132. The van der Waals surface area contributed by atoms with E-state index < -0.39 is 17.7 Å². The zero-order valence-corrected chi connectivity index (χ0v) is 19.8. The van der Waals surface area contributed by atoms with E-state index in [2.05, 4.69) is 0 Å². The van der Waals surface area contributed by atoms with Crippen molar-refractivity contribution in [2.45, 2.75) is 65.1 Å². The Bertz CT molecular complexity index is 1100. The van der Waals surface area contributed by atoms with Crippen LogP contribution in [0.5, 0.6) is 0 Å². The molecule has 0 radical (unpaired) electrons. The quantitative estimate of drug-likeness (QED) is 0.715. The molecule has 0 spiro atoms. The second-order valence-corrected chi connectivity index (χ2v) is 9.76. The fourth-order valence-electron chi connectivity index (χ4n) is 4.56. The number of aromatic nitrogens is 2. The van der Waals surface area contributed by atoms with Gasteiger partial charge in [-0.2, -0.15) is 0 Å². The van der Waals surface area contributed by atoms with Crippen molar-refractivity contribution in [3.05, 3.63) is 63.3 Å². The normalized spacial score (nSPS) is 17.0. The maximum Gasteiger partial charge on any atom is 0.410 e. The van der Waals surface area contributed by atoms with Crippen molar-refractivity contribution in [1.29, 1.82) is 0 Å². The summed E-state index contributed by atoms with van der Waals surface area (Å²) < 4.78 is 7.03. The molecule has 0 bridgehead atoms. The van der Waals surface area contributed by atoms with Gasteiger partial charge in [0.25, 0.3) is 5.56 Å². The number of amides is 2. The van der Waals surface area contributed by atoms with Gasteiger partial charge in [0.15, 0.2) is 0 Å². The number of fused-ring (bicyclic) bond motifs is 1. The minimum absolute atomic E-state index is 0.0724. The van der Waals surface area contributed by atoms with Crippen LogP contribution in [0.1, 0.15) is 62.3 Å². The van der Waals surface area contributed by atoms with E-state index in [1.807, 2.05) is 56.0 Å². The minimum Gasteiger partial charge on any atom is -0.444 e. The molecule has 1 fully saturated rings. The molecule has 8 heteroatoms. The smallest absolute Gasteiger partial charge is 0.410 e. The number of carbonyl (C=O) groups is 2. The molecule has 8 nitrogen and oxygen atoms in total. The molecular formula is C25H32N4O4. The summed E-state index contributed by atoms with van der Waals surface area (Å²) in [7, 11) is 0. The van der Waals surface area contributed by atoms with Crippen molar-refractivity contribution >= 4 is 12.0 Å². The van der Waals surface area contributed by atoms with E-state index >= 15 is 0 Å². The Kier molecular flexibility index (Phi) is 6.28. The van der Waals surface area contributed by atoms with Gasteiger partial charge in [-0.1, -0.05) is 30.3 Å². The third kappa shape index (κ3) is 4.79. The molecule has 3 heterocycles. The van der Waals surface area contributed by atoms with Gasteiger partial charge < -0.3 is 14.5 Å². The highest BCUT2D eigenvalue weighted by Gasteiger charge is 2.34. The lowest BCUT2D eigenvalue weighted by Gasteiger charge is -2.32. The van der Waals surface area contributed by atoms with Crippen molar-refractivity contribution in [1.82, 2.24) is 19.4 Å². The second kappa shape index (κ2) is 9.00. The van der Waals surface area contributed by atoms with E-state index in [4.69, 9.17) is 9.72 Å². The van der Waals surface area contributed by atoms with Crippen LogP contribution in [0.4, 0.5) is 4.79 Å². The summed E-state index contributed by atoms with van der Waals surface area (Å²) in [6, 6.07) is 8.67. The van der Waals surface area contributed by atoms with Crippen LogP contribution in [0.15, 0.2) is 35.1 Å². The molecule has 1 atom stereocenters. The highest BCUT2D eigenvalue weighted by molar-refractivity contribution is 5.84. The highest BCUT2D eigenvalue weighted by atomic mass is 16.6. The van der Waals surface area contributed by atoms with Crippen molar-refractivity contribution < 1.29 is 14.3 Å². The van der Waals surface area contributed by atoms with Gasteiger partial charge >= 0.3 is 6.09 Å². The van der Waals surface area contributed by atoms with Gasteiger partial charge in [0.05, 0.1) is 12.2 Å². The summed E-state index contributed by atoms with van der Waals surface area (Å²) in [5.74, 6) is 0.392. The van der Waals surface area contributed by atoms with Crippen LogP contribution in [0, 0.1) is 6.92 Å². The van der Waals surface area contributed by atoms with Gasteiger partial charge in [-0.3, -0.25) is 14.2 Å². The molecule has 1 saturated heterocycles. The molecule has 4 rings (SSSR count). The molecule has 0 saturated carbocycles. The van der Waals surface area contributed by atoms with Crippen LogP contribution in [0.2, 0.25) is 0 Å². The van der Waals surface area contributed by atoms with Crippen LogP contribution in [-0.2, 0) is 22.5 Å². The Morgan fingerprint density at radius 3 is 2.33 bits per heavy atom. The van der Waals surface area contributed by atoms with Crippen LogP contribution in [-0.4, -0.2) is 56.6 Å².